The van der Waals surface area contributed by atoms with E-state index in [1.54, 1.807) is 12.1 Å². The average molecular weight is 378 g/mol. The minimum absolute atomic E-state index is 0.161. The zero-order valence-corrected chi connectivity index (χ0v) is 15.0. The number of ether oxygens (including phenoxy) is 1. The van der Waals surface area contributed by atoms with Crippen molar-refractivity contribution in [1.29, 1.82) is 0 Å². The number of halogens is 1. The van der Waals surface area contributed by atoms with E-state index in [4.69, 9.17) is 4.74 Å². The Bertz CT molecular complexity index is 882. The first-order chi connectivity index (χ1) is 12.3. The zero-order valence-electron chi connectivity index (χ0n) is 14.2. The second-order valence-electron chi connectivity index (χ2n) is 6.05. The molecule has 1 saturated heterocycles. The number of nitrogens with one attached hydrogen (secondary N) is 1. The first-order valence-electron chi connectivity index (χ1n) is 8.14. The van der Waals surface area contributed by atoms with Gasteiger partial charge in [-0.05, 0) is 55.0 Å². The molecule has 1 N–H and O–H groups in total. The SMILES string of the molecule is CC(=O)Nc1ccc(S(=O)(=O)N2CCC(Oc3ccc(F)cc3)C2)cc1. The molecule has 3 rings (SSSR count). The Morgan fingerprint density at radius 3 is 2.42 bits per heavy atom. The number of nitrogens with zero attached hydrogens (tertiary/aromatic N) is 1. The first kappa shape index (κ1) is 18.3. The smallest absolute Gasteiger partial charge is 0.243 e. The van der Waals surface area contributed by atoms with Crippen LogP contribution >= 0.6 is 0 Å². The standard InChI is InChI=1S/C18H19FN2O4S/c1-13(22)20-15-4-8-18(9-5-15)26(23,24)21-11-10-17(12-21)25-16-6-2-14(19)3-7-16/h2-9,17H,10-12H2,1H3,(H,20,22). The molecule has 1 aliphatic heterocycles. The monoisotopic (exact) mass is 378 g/mol. The first-order valence-corrected chi connectivity index (χ1v) is 9.58. The number of carbonyl (C=O) groups is 1. The van der Waals surface area contributed by atoms with Crippen molar-refractivity contribution in [3.8, 4) is 5.75 Å². The summed E-state index contributed by atoms with van der Waals surface area (Å²) in [7, 11) is -3.64. The lowest BCUT2D eigenvalue weighted by Gasteiger charge is -2.17. The Labute approximate surface area is 151 Å². The van der Waals surface area contributed by atoms with Gasteiger partial charge in [0.1, 0.15) is 17.7 Å². The highest BCUT2D eigenvalue weighted by Gasteiger charge is 2.33. The lowest BCUT2D eigenvalue weighted by atomic mass is 10.3. The van der Waals surface area contributed by atoms with Crippen molar-refractivity contribution in [2.45, 2.75) is 24.3 Å². The molecule has 0 aromatic heterocycles. The largest absolute Gasteiger partial charge is 0.489 e. The van der Waals surface area contributed by atoms with Gasteiger partial charge in [0.15, 0.2) is 0 Å². The maximum Gasteiger partial charge on any atom is 0.243 e. The number of rotatable bonds is 5. The van der Waals surface area contributed by atoms with Gasteiger partial charge in [-0.25, -0.2) is 12.8 Å². The van der Waals surface area contributed by atoms with Gasteiger partial charge in [-0.3, -0.25) is 4.79 Å². The lowest BCUT2D eigenvalue weighted by molar-refractivity contribution is -0.114. The van der Waals surface area contributed by atoms with Crippen molar-refractivity contribution in [3.63, 3.8) is 0 Å². The molecule has 6 nitrogen and oxygen atoms in total. The molecule has 8 heteroatoms. The predicted octanol–water partition coefficient (Wildman–Crippen LogP) is 2.63. The molecule has 0 spiro atoms. The molecule has 138 valence electrons. The van der Waals surface area contributed by atoms with Crippen LogP contribution < -0.4 is 10.1 Å². The second-order valence-corrected chi connectivity index (χ2v) is 7.99. The summed E-state index contributed by atoms with van der Waals surface area (Å²) < 4.78 is 45.5. The molecule has 1 fully saturated rings. The van der Waals surface area contributed by atoms with Crippen molar-refractivity contribution in [2.75, 3.05) is 18.4 Å². The molecule has 1 atom stereocenters. The van der Waals surface area contributed by atoms with E-state index in [0.29, 0.717) is 24.4 Å². The van der Waals surface area contributed by atoms with Crippen LogP contribution in [0.5, 0.6) is 5.75 Å². The van der Waals surface area contributed by atoms with E-state index < -0.39 is 10.0 Å². The molecule has 0 saturated carbocycles. The van der Waals surface area contributed by atoms with Crippen LogP contribution in [0.3, 0.4) is 0 Å². The van der Waals surface area contributed by atoms with Gasteiger partial charge >= 0.3 is 0 Å². The summed E-state index contributed by atoms with van der Waals surface area (Å²) in [5.74, 6) is -0.0630. The third-order valence-corrected chi connectivity index (χ3v) is 5.92. The van der Waals surface area contributed by atoms with Gasteiger partial charge in [0.25, 0.3) is 0 Å². The van der Waals surface area contributed by atoms with Crippen LogP contribution in [0.1, 0.15) is 13.3 Å². The third-order valence-electron chi connectivity index (χ3n) is 4.04. The van der Waals surface area contributed by atoms with Crippen LogP contribution in [0.15, 0.2) is 53.4 Å². The van der Waals surface area contributed by atoms with Gasteiger partial charge in [-0.1, -0.05) is 0 Å². The van der Waals surface area contributed by atoms with Gasteiger partial charge in [-0.15, -0.1) is 0 Å². The summed E-state index contributed by atoms with van der Waals surface area (Å²) in [4.78, 5) is 11.2. The van der Waals surface area contributed by atoms with Gasteiger partial charge in [-0.2, -0.15) is 4.31 Å². The van der Waals surface area contributed by atoms with Gasteiger partial charge in [0, 0.05) is 19.2 Å². The highest BCUT2D eigenvalue weighted by atomic mass is 32.2. The summed E-state index contributed by atoms with van der Waals surface area (Å²) in [5.41, 5.74) is 0.537. The second kappa shape index (κ2) is 7.43. The molecule has 26 heavy (non-hydrogen) atoms. The van der Waals surface area contributed by atoms with Gasteiger partial charge in [0.05, 0.1) is 11.4 Å². The normalized spacial score (nSPS) is 17.8. The Balaban J connectivity index is 1.66. The fourth-order valence-corrected chi connectivity index (χ4v) is 4.27. The summed E-state index contributed by atoms with van der Waals surface area (Å²) in [6, 6.07) is 11.7. The predicted molar refractivity (Wildman–Crippen MR) is 94.9 cm³/mol. The fraction of sp³-hybridized carbons (Fsp3) is 0.278. The van der Waals surface area contributed by atoms with Crippen LogP contribution in [0, 0.1) is 5.82 Å². The van der Waals surface area contributed by atoms with E-state index >= 15 is 0 Å². The molecule has 1 unspecified atom stereocenters. The molecule has 1 amide bonds. The highest BCUT2D eigenvalue weighted by Crippen LogP contribution is 2.25. The molecule has 2 aromatic rings. The third kappa shape index (κ3) is 4.20. The molecule has 1 aliphatic rings. The fourth-order valence-electron chi connectivity index (χ4n) is 2.78. The van der Waals surface area contributed by atoms with Crippen LogP contribution in [-0.4, -0.2) is 37.8 Å². The molecular weight excluding hydrogens is 359 g/mol. The van der Waals surface area contributed by atoms with Crippen LogP contribution in [0.4, 0.5) is 10.1 Å². The van der Waals surface area contributed by atoms with E-state index in [2.05, 4.69) is 5.32 Å². The van der Waals surface area contributed by atoms with Crippen LogP contribution in [-0.2, 0) is 14.8 Å². The Hall–Kier alpha value is -2.45. The number of carbonyl (C=O) groups excluding carboxylic acids is 1. The Kier molecular flexibility index (Phi) is 5.24. The average Bonchev–Trinajstić information content (AvgIpc) is 3.06. The minimum atomic E-state index is -3.64. The molecule has 2 aromatic carbocycles. The van der Waals surface area contributed by atoms with Crippen molar-refractivity contribution >= 4 is 21.6 Å². The summed E-state index contributed by atoms with van der Waals surface area (Å²) >= 11 is 0. The van der Waals surface area contributed by atoms with Gasteiger partial charge < -0.3 is 10.1 Å². The highest BCUT2D eigenvalue weighted by molar-refractivity contribution is 7.89. The summed E-state index contributed by atoms with van der Waals surface area (Å²) in [5, 5.41) is 2.60. The van der Waals surface area contributed by atoms with Crippen molar-refractivity contribution < 1.29 is 22.3 Å². The topological polar surface area (TPSA) is 75.7 Å². The van der Waals surface area contributed by atoms with E-state index in [0.717, 1.165) is 0 Å². The molecule has 0 radical (unpaired) electrons. The van der Waals surface area contributed by atoms with Gasteiger partial charge in [0.2, 0.25) is 15.9 Å². The van der Waals surface area contributed by atoms with E-state index in [1.807, 2.05) is 0 Å². The lowest BCUT2D eigenvalue weighted by Crippen LogP contribution is -2.31. The maximum atomic E-state index is 12.9. The molecule has 0 aliphatic carbocycles. The van der Waals surface area contributed by atoms with Crippen molar-refractivity contribution in [3.05, 3.63) is 54.3 Å². The summed E-state index contributed by atoms with van der Waals surface area (Å²) in [6.07, 6.45) is 0.273. The maximum absolute atomic E-state index is 12.9. The van der Waals surface area contributed by atoms with Crippen molar-refractivity contribution in [1.82, 2.24) is 4.31 Å². The molecule has 1 heterocycles. The quantitative estimate of drug-likeness (QED) is 0.868. The van der Waals surface area contributed by atoms with Crippen LogP contribution in [0.2, 0.25) is 0 Å². The minimum Gasteiger partial charge on any atom is -0.489 e. The van der Waals surface area contributed by atoms with E-state index in [1.165, 1.54) is 47.6 Å². The number of hydrogen-bond donors (Lipinski definition) is 1. The number of amides is 1. The van der Waals surface area contributed by atoms with Crippen LogP contribution in [0.25, 0.3) is 0 Å². The van der Waals surface area contributed by atoms with E-state index in [9.17, 15) is 17.6 Å². The molecule has 0 bridgehead atoms. The number of hydrogen-bond acceptors (Lipinski definition) is 4. The number of benzene rings is 2. The summed E-state index contributed by atoms with van der Waals surface area (Å²) in [6.45, 7) is 1.96. The van der Waals surface area contributed by atoms with Crippen molar-refractivity contribution in [2.24, 2.45) is 0 Å². The van der Waals surface area contributed by atoms with E-state index in [-0.39, 0.29) is 29.3 Å². The Morgan fingerprint density at radius 2 is 1.81 bits per heavy atom. The number of anilines is 1. The number of sulfonamides is 1. The molecular formula is C18H19FN2O4S. The zero-order chi connectivity index (χ0) is 18.7. The Morgan fingerprint density at radius 1 is 1.15 bits per heavy atom.